The molecular weight excluding hydrogens is 250 g/mol. The standard InChI is InChI=1S/C12H19N3O2S/c1-2-3-8-6-11(8)15-12-7-9(18(14,16)17)4-5-10(12)13/h4-5,7-8,11,15H,2-3,6,13H2,1H3,(H2,14,16,17). The van der Waals surface area contributed by atoms with E-state index >= 15 is 0 Å². The molecule has 0 aliphatic heterocycles. The van der Waals surface area contributed by atoms with Gasteiger partial charge in [0.05, 0.1) is 16.3 Å². The molecule has 0 saturated heterocycles. The lowest BCUT2D eigenvalue weighted by molar-refractivity contribution is 0.598. The second kappa shape index (κ2) is 4.78. The molecule has 1 aliphatic carbocycles. The molecule has 2 rings (SSSR count). The quantitative estimate of drug-likeness (QED) is 0.706. The molecule has 0 aromatic heterocycles. The van der Waals surface area contributed by atoms with Crippen molar-refractivity contribution in [3.8, 4) is 0 Å². The first-order valence-corrected chi connectivity index (χ1v) is 7.65. The van der Waals surface area contributed by atoms with E-state index in [1.807, 2.05) is 0 Å². The van der Waals surface area contributed by atoms with Crippen LogP contribution in [0, 0.1) is 5.92 Å². The van der Waals surface area contributed by atoms with Gasteiger partial charge in [0, 0.05) is 6.04 Å². The van der Waals surface area contributed by atoms with E-state index in [1.165, 1.54) is 18.6 Å². The first-order chi connectivity index (χ1) is 8.41. The average molecular weight is 269 g/mol. The van der Waals surface area contributed by atoms with Crippen LogP contribution in [0.25, 0.3) is 0 Å². The molecule has 0 heterocycles. The molecule has 0 spiro atoms. The van der Waals surface area contributed by atoms with E-state index in [1.54, 1.807) is 6.07 Å². The summed E-state index contributed by atoms with van der Waals surface area (Å²) < 4.78 is 22.5. The zero-order valence-electron chi connectivity index (χ0n) is 10.4. The van der Waals surface area contributed by atoms with Crippen molar-refractivity contribution >= 4 is 21.4 Å². The van der Waals surface area contributed by atoms with Crippen molar-refractivity contribution in [1.82, 2.24) is 0 Å². The van der Waals surface area contributed by atoms with Crippen LogP contribution in [0.1, 0.15) is 26.2 Å². The van der Waals surface area contributed by atoms with Gasteiger partial charge in [0.2, 0.25) is 10.0 Å². The minimum Gasteiger partial charge on any atom is -0.397 e. The van der Waals surface area contributed by atoms with Crippen LogP contribution in [0.4, 0.5) is 11.4 Å². The third kappa shape index (κ3) is 2.94. The van der Waals surface area contributed by atoms with Gasteiger partial charge in [-0.15, -0.1) is 0 Å². The Bertz CT molecular complexity index is 542. The van der Waals surface area contributed by atoms with Gasteiger partial charge in [-0.25, -0.2) is 13.6 Å². The Morgan fingerprint density at radius 3 is 2.78 bits per heavy atom. The molecule has 0 amide bonds. The zero-order valence-corrected chi connectivity index (χ0v) is 11.2. The van der Waals surface area contributed by atoms with Crippen LogP contribution in [-0.2, 0) is 10.0 Å². The highest BCUT2D eigenvalue weighted by Crippen LogP contribution is 2.38. The van der Waals surface area contributed by atoms with Gasteiger partial charge < -0.3 is 11.1 Å². The number of primary sulfonamides is 1. The van der Waals surface area contributed by atoms with Crippen LogP contribution in [0.15, 0.2) is 23.1 Å². The number of hydrogen-bond acceptors (Lipinski definition) is 4. The van der Waals surface area contributed by atoms with Crippen molar-refractivity contribution in [3.05, 3.63) is 18.2 Å². The van der Waals surface area contributed by atoms with Gasteiger partial charge in [0.25, 0.3) is 0 Å². The van der Waals surface area contributed by atoms with Gasteiger partial charge in [-0.2, -0.15) is 0 Å². The third-order valence-corrected chi connectivity index (χ3v) is 4.19. The molecule has 0 bridgehead atoms. The van der Waals surface area contributed by atoms with Crippen molar-refractivity contribution in [1.29, 1.82) is 0 Å². The Kier molecular flexibility index (Phi) is 3.49. The smallest absolute Gasteiger partial charge is 0.238 e. The summed E-state index contributed by atoms with van der Waals surface area (Å²) in [6.07, 6.45) is 3.47. The van der Waals surface area contributed by atoms with Gasteiger partial charge in [0.15, 0.2) is 0 Å². The fraction of sp³-hybridized carbons (Fsp3) is 0.500. The summed E-state index contributed by atoms with van der Waals surface area (Å²) >= 11 is 0. The number of nitrogens with two attached hydrogens (primary N) is 2. The maximum absolute atomic E-state index is 11.3. The molecule has 0 radical (unpaired) electrons. The maximum atomic E-state index is 11.3. The Balaban J connectivity index is 2.13. The normalized spacial score (nSPS) is 22.8. The number of rotatable bonds is 5. The predicted molar refractivity (Wildman–Crippen MR) is 72.7 cm³/mol. The second-order valence-electron chi connectivity index (χ2n) is 4.83. The molecular formula is C12H19N3O2S. The lowest BCUT2D eigenvalue weighted by Crippen LogP contribution is -2.14. The van der Waals surface area contributed by atoms with Crippen molar-refractivity contribution in [2.24, 2.45) is 11.1 Å². The van der Waals surface area contributed by atoms with Crippen LogP contribution in [0.2, 0.25) is 0 Å². The molecule has 100 valence electrons. The summed E-state index contributed by atoms with van der Waals surface area (Å²) in [5.74, 6) is 0.674. The van der Waals surface area contributed by atoms with Crippen molar-refractivity contribution in [3.63, 3.8) is 0 Å². The maximum Gasteiger partial charge on any atom is 0.238 e. The number of benzene rings is 1. The fourth-order valence-corrected chi connectivity index (χ4v) is 2.69. The van der Waals surface area contributed by atoms with Crippen molar-refractivity contribution < 1.29 is 8.42 Å². The molecule has 1 aliphatic rings. The summed E-state index contributed by atoms with van der Waals surface area (Å²) in [6.45, 7) is 2.16. The Morgan fingerprint density at radius 2 is 2.17 bits per heavy atom. The van der Waals surface area contributed by atoms with Crippen molar-refractivity contribution in [2.75, 3.05) is 11.1 Å². The van der Waals surface area contributed by atoms with Crippen LogP contribution in [0.5, 0.6) is 0 Å². The van der Waals surface area contributed by atoms with E-state index in [2.05, 4.69) is 12.2 Å². The molecule has 1 fully saturated rings. The molecule has 1 saturated carbocycles. The number of nitrogen functional groups attached to an aromatic ring is 1. The van der Waals surface area contributed by atoms with Gasteiger partial charge in [0.1, 0.15) is 0 Å². The minimum absolute atomic E-state index is 0.0897. The molecule has 1 aromatic rings. The highest BCUT2D eigenvalue weighted by Gasteiger charge is 2.36. The Morgan fingerprint density at radius 1 is 1.44 bits per heavy atom. The average Bonchev–Trinajstić information content (AvgIpc) is 2.99. The van der Waals surface area contributed by atoms with Gasteiger partial charge >= 0.3 is 0 Å². The van der Waals surface area contributed by atoms with E-state index in [-0.39, 0.29) is 4.90 Å². The largest absolute Gasteiger partial charge is 0.397 e. The molecule has 2 atom stereocenters. The summed E-state index contributed by atoms with van der Waals surface area (Å²) in [7, 11) is -3.68. The third-order valence-electron chi connectivity index (χ3n) is 3.28. The van der Waals surface area contributed by atoms with Crippen LogP contribution in [0.3, 0.4) is 0 Å². The summed E-state index contributed by atoms with van der Waals surface area (Å²) in [6, 6.07) is 4.90. The molecule has 5 nitrogen and oxygen atoms in total. The molecule has 1 aromatic carbocycles. The molecule has 18 heavy (non-hydrogen) atoms. The van der Waals surface area contributed by atoms with Crippen LogP contribution >= 0.6 is 0 Å². The minimum atomic E-state index is -3.68. The summed E-state index contributed by atoms with van der Waals surface area (Å²) in [5, 5.41) is 8.39. The highest BCUT2D eigenvalue weighted by atomic mass is 32.2. The SMILES string of the molecule is CCCC1CC1Nc1cc(S(N)(=O)=O)ccc1N. The van der Waals surface area contributed by atoms with E-state index in [4.69, 9.17) is 10.9 Å². The van der Waals surface area contributed by atoms with Crippen LogP contribution in [-0.4, -0.2) is 14.5 Å². The van der Waals surface area contributed by atoms with Gasteiger partial charge in [-0.05, 0) is 37.0 Å². The first kappa shape index (κ1) is 13.2. The van der Waals surface area contributed by atoms with Gasteiger partial charge in [-0.3, -0.25) is 0 Å². The summed E-state index contributed by atoms with van der Waals surface area (Å²) in [4.78, 5) is 0.0897. The highest BCUT2D eigenvalue weighted by molar-refractivity contribution is 7.89. The Hall–Kier alpha value is -1.27. The van der Waals surface area contributed by atoms with Gasteiger partial charge in [-0.1, -0.05) is 13.3 Å². The second-order valence-corrected chi connectivity index (χ2v) is 6.39. The molecule has 2 unspecified atom stereocenters. The number of hydrogen-bond donors (Lipinski definition) is 3. The van der Waals surface area contributed by atoms with E-state index in [0.717, 1.165) is 12.8 Å². The van der Waals surface area contributed by atoms with E-state index in [0.29, 0.717) is 23.3 Å². The van der Waals surface area contributed by atoms with Crippen molar-refractivity contribution in [2.45, 2.75) is 37.1 Å². The molecule has 5 N–H and O–H groups in total. The predicted octanol–water partition coefficient (Wildman–Crippen LogP) is 1.52. The topological polar surface area (TPSA) is 98.2 Å². The van der Waals surface area contributed by atoms with Crippen LogP contribution < -0.4 is 16.2 Å². The first-order valence-electron chi connectivity index (χ1n) is 6.10. The lowest BCUT2D eigenvalue weighted by Gasteiger charge is -2.10. The monoisotopic (exact) mass is 269 g/mol. The number of nitrogens with one attached hydrogen (secondary N) is 1. The zero-order chi connectivity index (χ0) is 13.3. The Labute approximate surface area is 108 Å². The number of anilines is 2. The fourth-order valence-electron chi connectivity index (χ4n) is 2.15. The molecule has 6 heteroatoms. The van der Waals surface area contributed by atoms with E-state index < -0.39 is 10.0 Å². The number of sulfonamides is 1. The van der Waals surface area contributed by atoms with E-state index in [9.17, 15) is 8.42 Å². The summed E-state index contributed by atoms with van der Waals surface area (Å²) in [5.41, 5.74) is 7.03. The lowest BCUT2D eigenvalue weighted by atomic mass is 10.2.